The van der Waals surface area contributed by atoms with Crippen LogP contribution < -0.4 is 9.47 Å². The largest absolute Gasteiger partial charge is 0.497 e. The summed E-state index contributed by atoms with van der Waals surface area (Å²) in [6.07, 6.45) is 3.11. The molecule has 0 amide bonds. The van der Waals surface area contributed by atoms with Gasteiger partial charge in [0.15, 0.2) is 0 Å². The van der Waals surface area contributed by atoms with Crippen molar-refractivity contribution in [1.82, 2.24) is 0 Å². The Morgan fingerprint density at radius 1 is 0.955 bits per heavy atom. The summed E-state index contributed by atoms with van der Waals surface area (Å²) >= 11 is 0. The molecule has 4 nitrogen and oxygen atoms in total. The molecule has 2 rings (SSSR count). The van der Waals surface area contributed by atoms with Crippen molar-refractivity contribution >= 4 is 12.0 Å². The van der Waals surface area contributed by atoms with Gasteiger partial charge >= 0.3 is 5.97 Å². The Hall–Kier alpha value is -2.75. The average molecular weight is 298 g/mol. The number of esters is 1. The lowest BCUT2D eigenvalue weighted by Crippen LogP contribution is -1.98. The van der Waals surface area contributed by atoms with Crippen molar-refractivity contribution in [2.45, 2.75) is 6.92 Å². The van der Waals surface area contributed by atoms with Crippen LogP contribution in [0.25, 0.3) is 6.08 Å². The van der Waals surface area contributed by atoms with Crippen molar-refractivity contribution in [2.24, 2.45) is 0 Å². The SMILES string of the molecule is CCOC(=O)C=Cc1ccc(Oc2ccc(OC)cc2)cc1. The van der Waals surface area contributed by atoms with Gasteiger partial charge in [-0.25, -0.2) is 4.79 Å². The van der Waals surface area contributed by atoms with Crippen LogP contribution in [0.1, 0.15) is 12.5 Å². The van der Waals surface area contributed by atoms with E-state index in [0.29, 0.717) is 6.61 Å². The summed E-state index contributed by atoms with van der Waals surface area (Å²) in [4.78, 5) is 11.2. The Morgan fingerprint density at radius 2 is 1.50 bits per heavy atom. The van der Waals surface area contributed by atoms with E-state index in [1.165, 1.54) is 6.08 Å². The molecule has 0 aliphatic carbocycles. The minimum atomic E-state index is -0.346. The zero-order valence-electron chi connectivity index (χ0n) is 12.6. The van der Waals surface area contributed by atoms with Crippen LogP contribution in [0.3, 0.4) is 0 Å². The number of carbonyl (C=O) groups excluding carboxylic acids is 1. The third kappa shape index (κ3) is 4.66. The molecule has 0 radical (unpaired) electrons. The van der Waals surface area contributed by atoms with Crippen LogP contribution in [0.5, 0.6) is 17.2 Å². The molecule has 4 heteroatoms. The minimum absolute atomic E-state index is 0.346. The third-order valence-electron chi connectivity index (χ3n) is 2.87. The molecule has 0 spiro atoms. The fourth-order valence-corrected chi connectivity index (χ4v) is 1.78. The summed E-state index contributed by atoms with van der Waals surface area (Å²) < 4.78 is 15.6. The van der Waals surface area contributed by atoms with E-state index < -0.39 is 0 Å². The summed E-state index contributed by atoms with van der Waals surface area (Å²) in [6, 6.07) is 14.8. The van der Waals surface area contributed by atoms with E-state index in [4.69, 9.17) is 14.2 Å². The van der Waals surface area contributed by atoms with E-state index in [0.717, 1.165) is 22.8 Å². The number of methoxy groups -OCH3 is 1. The van der Waals surface area contributed by atoms with Gasteiger partial charge in [0.2, 0.25) is 0 Å². The van der Waals surface area contributed by atoms with Crippen molar-refractivity contribution in [3.8, 4) is 17.2 Å². The van der Waals surface area contributed by atoms with Crippen LogP contribution >= 0.6 is 0 Å². The Kier molecular flexibility index (Phi) is 5.60. The third-order valence-corrected chi connectivity index (χ3v) is 2.87. The molecule has 22 heavy (non-hydrogen) atoms. The van der Waals surface area contributed by atoms with Gasteiger partial charge in [-0.05, 0) is 55.0 Å². The van der Waals surface area contributed by atoms with Crippen molar-refractivity contribution in [2.75, 3.05) is 13.7 Å². The number of hydrogen-bond donors (Lipinski definition) is 0. The van der Waals surface area contributed by atoms with Gasteiger partial charge in [-0.15, -0.1) is 0 Å². The molecule has 0 aromatic heterocycles. The van der Waals surface area contributed by atoms with E-state index >= 15 is 0 Å². The molecular formula is C18H18O4. The molecule has 0 N–H and O–H groups in total. The van der Waals surface area contributed by atoms with E-state index in [1.54, 1.807) is 20.1 Å². The molecule has 0 heterocycles. The number of carbonyl (C=O) groups is 1. The van der Waals surface area contributed by atoms with Crippen LogP contribution in [0, 0.1) is 0 Å². The van der Waals surface area contributed by atoms with E-state index in [9.17, 15) is 4.79 Å². The van der Waals surface area contributed by atoms with Crippen LogP contribution in [0.4, 0.5) is 0 Å². The first-order valence-corrected chi connectivity index (χ1v) is 6.98. The highest BCUT2D eigenvalue weighted by Crippen LogP contribution is 2.24. The number of rotatable bonds is 6. The van der Waals surface area contributed by atoms with E-state index in [1.807, 2.05) is 48.5 Å². The Bertz CT molecular complexity index is 627. The van der Waals surface area contributed by atoms with Crippen LogP contribution in [-0.2, 0) is 9.53 Å². The topological polar surface area (TPSA) is 44.8 Å². The molecule has 0 saturated carbocycles. The average Bonchev–Trinajstić information content (AvgIpc) is 2.55. The fraction of sp³-hybridized carbons (Fsp3) is 0.167. The second kappa shape index (κ2) is 7.88. The van der Waals surface area contributed by atoms with Crippen molar-refractivity contribution < 1.29 is 19.0 Å². The van der Waals surface area contributed by atoms with Gasteiger partial charge in [0.25, 0.3) is 0 Å². The maximum absolute atomic E-state index is 11.2. The molecule has 0 fully saturated rings. The Balaban J connectivity index is 1.97. The molecule has 114 valence electrons. The van der Waals surface area contributed by atoms with Crippen LogP contribution in [0.2, 0.25) is 0 Å². The van der Waals surface area contributed by atoms with Crippen molar-refractivity contribution in [3.63, 3.8) is 0 Å². The van der Waals surface area contributed by atoms with Gasteiger partial charge in [-0.3, -0.25) is 0 Å². The molecule has 0 aliphatic rings. The van der Waals surface area contributed by atoms with E-state index in [-0.39, 0.29) is 5.97 Å². The lowest BCUT2D eigenvalue weighted by molar-refractivity contribution is -0.137. The van der Waals surface area contributed by atoms with Crippen LogP contribution in [0.15, 0.2) is 54.6 Å². The molecule has 2 aromatic carbocycles. The molecule has 0 aliphatic heterocycles. The second-order valence-electron chi connectivity index (χ2n) is 4.43. The highest BCUT2D eigenvalue weighted by molar-refractivity contribution is 5.87. The summed E-state index contributed by atoms with van der Waals surface area (Å²) in [6.45, 7) is 2.15. The predicted octanol–water partition coefficient (Wildman–Crippen LogP) is 4.06. The Labute approximate surface area is 129 Å². The summed E-state index contributed by atoms with van der Waals surface area (Å²) in [5.74, 6) is 1.89. The molecule has 0 bridgehead atoms. The minimum Gasteiger partial charge on any atom is -0.497 e. The Morgan fingerprint density at radius 3 is 2.05 bits per heavy atom. The molecule has 2 aromatic rings. The predicted molar refractivity (Wildman–Crippen MR) is 85.2 cm³/mol. The monoisotopic (exact) mass is 298 g/mol. The zero-order valence-corrected chi connectivity index (χ0v) is 12.6. The number of ether oxygens (including phenoxy) is 3. The zero-order chi connectivity index (χ0) is 15.8. The highest BCUT2D eigenvalue weighted by Gasteiger charge is 1.99. The highest BCUT2D eigenvalue weighted by atomic mass is 16.5. The van der Waals surface area contributed by atoms with Gasteiger partial charge in [-0.2, -0.15) is 0 Å². The normalized spacial score (nSPS) is 10.5. The van der Waals surface area contributed by atoms with Gasteiger partial charge in [0, 0.05) is 6.08 Å². The molecule has 0 atom stereocenters. The first-order valence-electron chi connectivity index (χ1n) is 6.98. The molecule has 0 saturated heterocycles. The van der Waals surface area contributed by atoms with Gasteiger partial charge in [0.1, 0.15) is 17.2 Å². The van der Waals surface area contributed by atoms with Gasteiger partial charge in [0.05, 0.1) is 13.7 Å². The maximum atomic E-state index is 11.2. The molecular weight excluding hydrogens is 280 g/mol. The molecule has 0 unspecified atom stereocenters. The quantitative estimate of drug-likeness (QED) is 0.596. The number of benzene rings is 2. The van der Waals surface area contributed by atoms with Gasteiger partial charge < -0.3 is 14.2 Å². The summed E-state index contributed by atoms with van der Waals surface area (Å²) in [7, 11) is 1.62. The van der Waals surface area contributed by atoms with Crippen molar-refractivity contribution in [3.05, 3.63) is 60.2 Å². The first-order chi connectivity index (χ1) is 10.7. The summed E-state index contributed by atoms with van der Waals surface area (Å²) in [5.41, 5.74) is 0.898. The smallest absolute Gasteiger partial charge is 0.330 e. The van der Waals surface area contributed by atoms with Gasteiger partial charge in [-0.1, -0.05) is 12.1 Å². The number of hydrogen-bond acceptors (Lipinski definition) is 4. The first kappa shape index (κ1) is 15.6. The standard InChI is InChI=1S/C18H18O4/c1-3-21-18(19)13-6-14-4-7-16(8-5-14)22-17-11-9-15(20-2)10-12-17/h4-13H,3H2,1-2H3. The maximum Gasteiger partial charge on any atom is 0.330 e. The van der Waals surface area contributed by atoms with E-state index in [2.05, 4.69) is 0 Å². The second-order valence-corrected chi connectivity index (χ2v) is 4.43. The lowest BCUT2D eigenvalue weighted by atomic mass is 10.2. The van der Waals surface area contributed by atoms with Crippen molar-refractivity contribution in [1.29, 1.82) is 0 Å². The van der Waals surface area contributed by atoms with Crippen LogP contribution in [-0.4, -0.2) is 19.7 Å². The fourth-order valence-electron chi connectivity index (χ4n) is 1.78. The lowest BCUT2D eigenvalue weighted by Gasteiger charge is -2.06. The summed E-state index contributed by atoms with van der Waals surface area (Å²) in [5, 5.41) is 0.